The molecule has 1 heterocycles. The monoisotopic (exact) mass is 524 g/mol. The van der Waals surface area contributed by atoms with Crippen molar-refractivity contribution < 1.29 is 22.7 Å². The van der Waals surface area contributed by atoms with Gasteiger partial charge >= 0.3 is 6.18 Å². The number of alkyl halides is 3. The molecule has 4 rings (SSSR count). The molecular weight excluding hydrogens is 489 g/mol. The largest absolute Gasteiger partial charge is 0.494 e. The molecule has 3 aromatic rings. The lowest BCUT2D eigenvalue weighted by Gasteiger charge is -2.40. The Morgan fingerprint density at radius 1 is 0.921 bits per heavy atom. The molecule has 1 amide bonds. The summed E-state index contributed by atoms with van der Waals surface area (Å²) in [5.41, 5.74) is 1.79. The topological polar surface area (TPSA) is 32.8 Å². The van der Waals surface area contributed by atoms with Crippen LogP contribution in [0.2, 0.25) is 0 Å². The molecule has 0 radical (unpaired) electrons. The molecule has 0 N–H and O–H groups in total. The number of unbranched alkanes of at least 4 members (excludes halogenated alkanes) is 1. The second-order valence-electron chi connectivity index (χ2n) is 9.87. The van der Waals surface area contributed by atoms with Crippen LogP contribution in [0.4, 0.5) is 13.2 Å². The van der Waals surface area contributed by atoms with Crippen LogP contribution in [0.15, 0.2) is 78.9 Å². The molecule has 1 aliphatic heterocycles. The van der Waals surface area contributed by atoms with Crippen LogP contribution in [0.5, 0.6) is 5.75 Å². The molecular formula is C31H35F3N2O2. The van der Waals surface area contributed by atoms with E-state index in [1.54, 1.807) is 29.3 Å². The van der Waals surface area contributed by atoms with E-state index in [0.717, 1.165) is 44.2 Å². The molecule has 202 valence electrons. The van der Waals surface area contributed by atoms with Crippen molar-refractivity contribution in [2.24, 2.45) is 5.92 Å². The van der Waals surface area contributed by atoms with E-state index >= 15 is 0 Å². The zero-order chi connectivity index (χ0) is 27.0. The number of halogens is 3. The highest BCUT2D eigenvalue weighted by Crippen LogP contribution is 2.30. The Morgan fingerprint density at radius 3 is 2.18 bits per heavy atom. The summed E-state index contributed by atoms with van der Waals surface area (Å²) in [5.74, 6) is 1.06. The molecule has 0 bridgehead atoms. The summed E-state index contributed by atoms with van der Waals surface area (Å²) in [5, 5.41) is 3.74. The zero-order valence-corrected chi connectivity index (χ0v) is 21.8. The van der Waals surface area contributed by atoms with Gasteiger partial charge in [-0.15, -0.1) is 0 Å². The number of piperidine rings is 1. The third-order valence-corrected chi connectivity index (χ3v) is 7.02. The summed E-state index contributed by atoms with van der Waals surface area (Å²) >= 11 is 0. The van der Waals surface area contributed by atoms with Crippen LogP contribution in [0.1, 0.15) is 59.7 Å². The predicted octanol–water partition coefficient (Wildman–Crippen LogP) is 7.40. The van der Waals surface area contributed by atoms with Crippen molar-refractivity contribution in [2.75, 3.05) is 19.7 Å². The van der Waals surface area contributed by atoms with Crippen LogP contribution >= 0.6 is 0 Å². The lowest BCUT2D eigenvalue weighted by atomic mass is 9.90. The van der Waals surface area contributed by atoms with Crippen LogP contribution in [0.3, 0.4) is 0 Å². The van der Waals surface area contributed by atoms with Gasteiger partial charge < -0.3 is 4.74 Å². The van der Waals surface area contributed by atoms with E-state index < -0.39 is 11.7 Å². The minimum atomic E-state index is -4.39. The van der Waals surface area contributed by atoms with Gasteiger partial charge in [-0.1, -0.05) is 55.8 Å². The predicted molar refractivity (Wildman–Crippen MR) is 143 cm³/mol. The first-order valence-electron chi connectivity index (χ1n) is 13.3. The number of carbonyl (C=O) groups excluding carboxylic acids is 1. The van der Waals surface area contributed by atoms with Gasteiger partial charge in [0.2, 0.25) is 0 Å². The third-order valence-electron chi connectivity index (χ3n) is 7.02. The molecule has 1 saturated heterocycles. The van der Waals surface area contributed by atoms with Gasteiger partial charge in [0.05, 0.1) is 18.7 Å². The Labute approximate surface area is 223 Å². The molecule has 0 saturated carbocycles. The maximum absolute atomic E-state index is 13.7. The summed E-state index contributed by atoms with van der Waals surface area (Å²) in [6, 6.07) is 22.6. The number of nitrogens with zero attached hydrogens (tertiary/aromatic N) is 2. The van der Waals surface area contributed by atoms with Gasteiger partial charge in [-0.25, -0.2) is 5.01 Å². The fraction of sp³-hybridized carbons (Fsp3) is 0.387. The Hall–Kier alpha value is -3.32. The van der Waals surface area contributed by atoms with Gasteiger partial charge in [-0.05, 0) is 79.1 Å². The molecule has 38 heavy (non-hydrogen) atoms. The fourth-order valence-electron chi connectivity index (χ4n) is 4.76. The van der Waals surface area contributed by atoms with E-state index in [1.807, 2.05) is 11.1 Å². The highest BCUT2D eigenvalue weighted by Gasteiger charge is 2.31. The average molecular weight is 525 g/mol. The molecule has 3 aromatic carbocycles. The van der Waals surface area contributed by atoms with Crippen molar-refractivity contribution in [1.82, 2.24) is 10.0 Å². The molecule has 0 atom stereocenters. The van der Waals surface area contributed by atoms with Gasteiger partial charge in [-0.2, -0.15) is 13.2 Å². The van der Waals surface area contributed by atoms with Gasteiger partial charge in [0.15, 0.2) is 0 Å². The van der Waals surface area contributed by atoms with Crippen LogP contribution in [-0.4, -0.2) is 35.6 Å². The quantitative estimate of drug-likeness (QED) is 0.259. The van der Waals surface area contributed by atoms with E-state index in [2.05, 4.69) is 31.2 Å². The zero-order valence-electron chi connectivity index (χ0n) is 21.8. The van der Waals surface area contributed by atoms with Crippen molar-refractivity contribution in [3.8, 4) is 5.75 Å². The van der Waals surface area contributed by atoms with Gasteiger partial charge in [0, 0.05) is 18.7 Å². The maximum atomic E-state index is 13.7. The van der Waals surface area contributed by atoms with Crippen molar-refractivity contribution in [3.05, 3.63) is 101 Å². The van der Waals surface area contributed by atoms with Crippen molar-refractivity contribution >= 4 is 5.91 Å². The maximum Gasteiger partial charge on any atom is 0.416 e. The first-order valence-corrected chi connectivity index (χ1v) is 13.3. The Bertz CT molecular complexity index is 1140. The molecule has 0 aromatic heterocycles. The van der Waals surface area contributed by atoms with Crippen molar-refractivity contribution in [2.45, 2.75) is 51.7 Å². The van der Waals surface area contributed by atoms with Gasteiger partial charge in [0.25, 0.3) is 5.91 Å². The fourth-order valence-corrected chi connectivity index (χ4v) is 4.76. The van der Waals surface area contributed by atoms with Gasteiger partial charge in [-0.3, -0.25) is 9.80 Å². The van der Waals surface area contributed by atoms with Crippen LogP contribution in [0, 0.1) is 5.92 Å². The first kappa shape index (κ1) is 27.7. The summed E-state index contributed by atoms with van der Waals surface area (Å²) in [7, 11) is 0. The standard InChI is InChI=1S/C31H35F3N2O2/c1-2-3-21-38-29-15-11-27(12-16-29)30(37)36(23-26-9-13-28(14-10-26)31(32,33)34)35-19-17-25(18-20-35)22-24-7-5-4-6-8-24/h4-16,25H,2-3,17-23H2,1H3. The number of hydrazine groups is 1. The third kappa shape index (κ3) is 7.60. The summed E-state index contributed by atoms with van der Waals surface area (Å²) in [6.45, 7) is 4.35. The lowest BCUT2D eigenvalue weighted by molar-refractivity contribution is -0.137. The molecule has 0 spiro atoms. The van der Waals surface area contributed by atoms with Crippen LogP contribution in [-0.2, 0) is 19.1 Å². The number of amides is 1. The molecule has 4 nitrogen and oxygen atoms in total. The molecule has 0 aliphatic carbocycles. The number of carbonyl (C=O) groups is 1. The second-order valence-corrected chi connectivity index (χ2v) is 9.87. The summed E-state index contributed by atoms with van der Waals surface area (Å²) in [6.07, 6.45) is 0.488. The Kier molecular flexibility index (Phi) is 9.45. The van der Waals surface area contributed by atoms with Crippen molar-refractivity contribution in [3.63, 3.8) is 0 Å². The Morgan fingerprint density at radius 2 is 1.58 bits per heavy atom. The number of rotatable bonds is 10. The molecule has 0 unspecified atom stereocenters. The van der Waals surface area contributed by atoms with Crippen LogP contribution < -0.4 is 4.74 Å². The lowest BCUT2D eigenvalue weighted by Crippen LogP contribution is -2.49. The summed E-state index contributed by atoms with van der Waals surface area (Å²) in [4.78, 5) is 13.7. The van der Waals surface area contributed by atoms with E-state index in [0.29, 0.717) is 42.5 Å². The van der Waals surface area contributed by atoms with E-state index in [1.165, 1.54) is 17.7 Å². The second kappa shape index (κ2) is 13.0. The molecule has 7 heteroatoms. The van der Waals surface area contributed by atoms with E-state index in [-0.39, 0.29) is 12.5 Å². The Balaban J connectivity index is 1.48. The number of ether oxygens (including phenoxy) is 1. The summed E-state index contributed by atoms with van der Waals surface area (Å²) < 4.78 is 44.9. The van der Waals surface area contributed by atoms with Crippen molar-refractivity contribution in [1.29, 1.82) is 0 Å². The molecule has 1 fully saturated rings. The first-order chi connectivity index (χ1) is 18.3. The van der Waals surface area contributed by atoms with E-state index in [4.69, 9.17) is 4.74 Å². The number of benzene rings is 3. The average Bonchev–Trinajstić information content (AvgIpc) is 2.93. The highest BCUT2D eigenvalue weighted by molar-refractivity contribution is 5.94. The number of hydrogen-bond acceptors (Lipinski definition) is 3. The molecule has 1 aliphatic rings. The normalized spacial score (nSPS) is 14.8. The SMILES string of the molecule is CCCCOc1ccc(C(=O)N(Cc2ccc(C(F)(F)F)cc2)N2CCC(Cc3ccccc3)CC2)cc1. The minimum absolute atomic E-state index is 0.175. The minimum Gasteiger partial charge on any atom is -0.494 e. The van der Waals surface area contributed by atoms with E-state index in [9.17, 15) is 18.0 Å². The highest BCUT2D eigenvalue weighted by atomic mass is 19.4. The van der Waals surface area contributed by atoms with Crippen LogP contribution in [0.25, 0.3) is 0 Å². The smallest absolute Gasteiger partial charge is 0.416 e. The van der Waals surface area contributed by atoms with Gasteiger partial charge in [0.1, 0.15) is 5.75 Å². The number of hydrogen-bond donors (Lipinski definition) is 0.